The van der Waals surface area contributed by atoms with Crippen LogP contribution in [0.15, 0.2) is 42.5 Å². The van der Waals surface area contributed by atoms with Crippen LogP contribution in [0.4, 0.5) is 17.1 Å². The molecular formula is C16H14N4O4. The van der Waals surface area contributed by atoms with Crippen LogP contribution in [0.3, 0.4) is 0 Å². The number of non-ortho nitro benzene ring substituents is 1. The lowest BCUT2D eigenvalue weighted by molar-refractivity contribution is -0.384. The number of ether oxygens (including phenoxy) is 1. The van der Waals surface area contributed by atoms with E-state index < -0.39 is 10.8 Å². The first-order valence-corrected chi connectivity index (χ1v) is 6.90. The lowest BCUT2D eigenvalue weighted by Crippen LogP contribution is -2.22. The standard InChI is InChI=1S/C16H14N4O4/c1-24-15-6-5-13(20(22)23)8-14(15)19-16(21)10-18-12-4-2-3-11(7-12)9-17/h2-8,18H,10H2,1H3,(H,19,21). The average molecular weight is 326 g/mol. The fourth-order valence-electron chi connectivity index (χ4n) is 1.98. The van der Waals surface area contributed by atoms with Gasteiger partial charge in [-0.1, -0.05) is 6.07 Å². The molecule has 0 aromatic heterocycles. The quantitative estimate of drug-likeness (QED) is 0.622. The molecule has 1 amide bonds. The molecule has 2 rings (SSSR count). The van der Waals surface area contributed by atoms with Crippen molar-refractivity contribution in [2.24, 2.45) is 0 Å². The molecule has 0 heterocycles. The van der Waals surface area contributed by atoms with E-state index in [-0.39, 0.29) is 17.9 Å². The van der Waals surface area contributed by atoms with E-state index in [9.17, 15) is 14.9 Å². The van der Waals surface area contributed by atoms with Gasteiger partial charge in [0.25, 0.3) is 5.69 Å². The van der Waals surface area contributed by atoms with Crippen molar-refractivity contribution >= 4 is 23.0 Å². The minimum absolute atomic E-state index is 0.0687. The Morgan fingerprint density at radius 3 is 2.79 bits per heavy atom. The van der Waals surface area contributed by atoms with Crippen LogP contribution in [0.1, 0.15) is 5.56 Å². The van der Waals surface area contributed by atoms with Crippen molar-refractivity contribution in [3.63, 3.8) is 0 Å². The van der Waals surface area contributed by atoms with Gasteiger partial charge < -0.3 is 15.4 Å². The summed E-state index contributed by atoms with van der Waals surface area (Å²) >= 11 is 0. The van der Waals surface area contributed by atoms with Crippen LogP contribution in [-0.2, 0) is 4.79 Å². The number of carbonyl (C=O) groups excluding carboxylic acids is 1. The fraction of sp³-hybridized carbons (Fsp3) is 0.125. The van der Waals surface area contributed by atoms with Crippen LogP contribution >= 0.6 is 0 Å². The molecule has 0 spiro atoms. The smallest absolute Gasteiger partial charge is 0.271 e. The fourth-order valence-corrected chi connectivity index (χ4v) is 1.98. The Bertz CT molecular complexity index is 814. The molecule has 2 N–H and O–H groups in total. The van der Waals surface area contributed by atoms with Crippen LogP contribution in [0.25, 0.3) is 0 Å². The van der Waals surface area contributed by atoms with Crippen LogP contribution < -0.4 is 15.4 Å². The maximum Gasteiger partial charge on any atom is 0.271 e. The molecule has 0 radical (unpaired) electrons. The predicted octanol–water partition coefficient (Wildman–Crippen LogP) is 2.53. The van der Waals surface area contributed by atoms with E-state index in [2.05, 4.69) is 10.6 Å². The summed E-state index contributed by atoms with van der Waals surface area (Å²) in [4.78, 5) is 22.3. The van der Waals surface area contributed by atoms with Crippen LogP contribution in [0, 0.1) is 21.4 Å². The molecule has 0 aliphatic carbocycles. The number of nitriles is 1. The number of nitrogens with one attached hydrogen (secondary N) is 2. The zero-order chi connectivity index (χ0) is 17.5. The lowest BCUT2D eigenvalue weighted by atomic mass is 10.2. The molecule has 0 saturated heterocycles. The second-order valence-electron chi connectivity index (χ2n) is 4.74. The first-order valence-electron chi connectivity index (χ1n) is 6.90. The summed E-state index contributed by atoms with van der Waals surface area (Å²) in [6, 6.07) is 12.6. The summed E-state index contributed by atoms with van der Waals surface area (Å²) in [5.41, 5.74) is 1.15. The van der Waals surface area contributed by atoms with Gasteiger partial charge in [0.1, 0.15) is 5.75 Å². The Morgan fingerprint density at radius 2 is 2.12 bits per heavy atom. The zero-order valence-electron chi connectivity index (χ0n) is 12.8. The van der Waals surface area contributed by atoms with Gasteiger partial charge in [0.05, 0.1) is 35.9 Å². The van der Waals surface area contributed by atoms with Crippen molar-refractivity contribution in [1.29, 1.82) is 5.26 Å². The number of hydrogen-bond donors (Lipinski definition) is 2. The number of nitrogens with zero attached hydrogens (tertiary/aromatic N) is 2. The minimum Gasteiger partial charge on any atom is -0.495 e. The highest BCUT2D eigenvalue weighted by Crippen LogP contribution is 2.28. The van der Waals surface area contributed by atoms with Gasteiger partial charge in [-0.15, -0.1) is 0 Å². The summed E-state index contributed by atoms with van der Waals surface area (Å²) in [7, 11) is 1.41. The van der Waals surface area contributed by atoms with Crippen LogP contribution in [0.2, 0.25) is 0 Å². The van der Waals surface area contributed by atoms with Gasteiger partial charge >= 0.3 is 0 Å². The Kier molecular flexibility index (Phi) is 5.31. The van der Waals surface area contributed by atoms with Gasteiger partial charge in [-0.05, 0) is 24.3 Å². The molecule has 2 aromatic carbocycles. The van der Waals surface area contributed by atoms with E-state index in [1.807, 2.05) is 6.07 Å². The lowest BCUT2D eigenvalue weighted by Gasteiger charge is -2.11. The topological polar surface area (TPSA) is 117 Å². The van der Waals surface area contributed by atoms with Crippen molar-refractivity contribution < 1.29 is 14.5 Å². The summed E-state index contributed by atoms with van der Waals surface area (Å²) in [5, 5.41) is 25.1. The number of benzene rings is 2. The van der Waals surface area contributed by atoms with E-state index >= 15 is 0 Å². The van der Waals surface area contributed by atoms with Gasteiger partial charge in [0, 0.05) is 17.8 Å². The van der Waals surface area contributed by atoms with E-state index in [0.717, 1.165) is 0 Å². The normalized spacial score (nSPS) is 9.67. The molecule has 0 atom stereocenters. The first kappa shape index (κ1) is 16.8. The third-order valence-corrected chi connectivity index (χ3v) is 3.11. The maximum atomic E-state index is 12.0. The Morgan fingerprint density at radius 1 is 1.33 bits per heavy atom. The number of methoxy groups -OCH3 is 1. The molecular weight excluding hydrogens is 312 g/mol. The SMILES string of the molecule is COc1ccc([N+](=O)[O-])cc1NC(=O)CNc1cccc(C#N)c1. The molecule has 0 saturated carbocycles. The van der Waals surface area contributed by atoms with Gasteiger partial charge in [0.15, 0.2) is 0 Å². The third kappa shape index (κ3) is 4.20. The van der Waals surface area contributed by atoms with Crippen molar-refractivity contribution in [3.8, 4) is 11.8 Å². The van der Waals surface area contributed by atoms with Gasteiger partial charge in [-0.3, -0.25) is 14.9 Å². The molecule has 122 valence electrons. The molecule has 0 aliphatic rings. The van der Waals surface area contributed by atoms with E-state index in [1.54, 1.807) is 24.3 Å². The van der Waals surface area contributed by atoms with E-state index in [4.69, 9.17) is 10.00 Å². The average Bonchev–Trinajstić information content (AvgIpc) is 2.60. The number of nitro groups is 1. The van der Waals surface area contributed by atoms with E-state index in [1.165, 1.54) is 25.3 Å². The molecule has 8 nitrogen and oxygen atoms in total. The van der Waals surface area contributed by atoms with Gasteiger partial charge in [-0.25, -0.2) is 0 Å². The molecule has 8 heteroatoms. The number of anilines is 2. The van der Waals surface area contributed by atoms with Gasteiger partial charge in [0.2, 0.25) is 5.91 Å². The monoisotopic (exact) mass is 326 g/mol. The molecule has 0 unspecified atom stereocenters. The summed E-state index contributed by atoms with van der Waals surface area (Å²) in [6.07, 6.45) is 0. The second kappa shape index (κ2) is 7.60. The summed E-state index contributed by atoms with van der Waals surface area (Å²) in [5.74, 6) is -0.0865. The zero-order valence-corrected chi connectivity index (χ0v) is 12.8. The molecule has 0 fully saturated rings. The number of carbonyl (C=O) groups is 1. The number of hydrogen-bond acceptors (Lipinski definition) is 6. The molecule has 2 aromatic rings. The molecule has 0 bridgehead atoms. The third-order valence-electron chi connectivity index (χ3n) is 3.11. The minimum atomic E-state index is -0.555. The Balaban J connectivity index is 2.05. The van der Waals surface area contributed by atoms with Crippen molar-refractivity contribution in [1.82, 2.24) is 0 Å². The maximum absolute atomic E-state index is 12.0. The number of nitro benzene ring substituents is 1. The van der Waals surface area contributed by atoms with Crippen LogP contribution in [0.5, 0.6) is 5.75 Å². The van der Waals surface area contributed by atoms with Crippen molar-refractivity contribution in [2.45, 2.75) is 0 Å². The number of rotatable bonds is 6. The summed E-state index contributed by atoms with van der Waals surface area (Å²) in [6.45, 7) is -0.0687. The highest BCUT2D eigenvalue weighted by Gasteiger charge is 2.13. The first-order chi connectivity index (χ1) is 11.5. The largest absolute Gasteiger partial charge is 0.495 e. The number of amides is 1. The van der Waals surface area contributed by atoms with Crippen LogP contribution in [-0.4, -0.2) is 24.5 Å². The highest BCUT2D eigenvalue weighted by atomic mass is 16.6. The predicted molar refractivity (Wildman–Crippen MR) is 87.9 cm³/mol. The van der Waals surface area contributed by atoms with Gasteiger partial charge in [-0.2, -0.15) is 5.26 Å². The summed E-state index contributed by atoms with van der Waals surface area (Å²) < 4.78 is 5.08. The van der Waals surface area contributed by atoms with Crippen molar-refractivity contribution in [3.05, 3.63) is 58.1 Å². The van der Waals surface area contributed by atoms with E-state index in [0.29, 0.717) is 17.0 Å². The Labute approximate surface area is 137 Å². The molecule has 0 aliphatic heterocycles. The second-order valence-corrected chi connectivity index (χ2v) is 4.74. The molecule has 24 heavy (non-hydrogen) atoms. The highest BCUT2D eigenvalue weighted by molar-refractivity contribution is 5.95. The van der Waals surface area contributed by atoms with Crippen molar-refractivity contribution in [2.75, 3.05) is 24.3 Å². The Hall–Kier alpha value is -3.60.